The van der Waals surface area contributed by atoms with Crippen LogP contribution in [0.5, 0.6) is 0 Å². The number of rotatable bonds is 2. The highest BCUT2D eigenvalue weighted by Gasteiger charge is 2.42. The maximum absolute atomic E-state index is 4.08. The molecule has 1 nitrogen and oxygen atoms in total. The van der Waals surface area contributed by atoms with Crippen molar-refractivity contribution in [1.29, 1.82) is 0 Å². The predicted octanol–water partition coefficient (Wildman–Crippen LogP) is 3.92. The van der Waals surface area contributed by atoms with Crippen LogP contribution in [0.1, 0.15) is 44.9 Å². The molecule has 0 saturated heterocycles. The summed E-state index contributed by atoms with van der Waals surface area (Å²) in [6, 6.07) is 0.745. The van der Waals surface area contributed by atoms with Crippen LogP contribution in [0.4, 0.5) is 0 Å². The van der Waals surface area contributed by atoms with Crippen molar-refractivity contribution in [3.05, 3.63) is 24.3 Å². The van der Waals surface area contributed by atoms with Crippen LogP contribution >= 0.6 is 0 Å². The molecular weight excluding hydrogens is 218 g/mol. The van der Waals surface area contributed by atoms with Crippen molar-refractivity contribution in [2.45, 2.75) is 51.0 Å². The van der Waals surface area contributed by atoms with Gasteiger partial charge >= 0.3 is 0 Å². The Kier molecular flexibility index (Phi) is 3.61. The standard InChI is InChI=1S/C17H27N/c1-3-12-6-4-7-14-13(12)10-11-16-15(14)8-5-9-17(16)18-2/h3,8,12-14,16-18H,1,4-7,9-11H2,2H3. The SMILES string of the molecule is C=CC1CCCC2C3=CCCC(NC)C3CCC12. The lowest BCUT2D eigenvalue weighted by Crippen LogP contribution is -2.44. The number of allylic oxidation sites excluding steroid dienone is 2. The Hall–Kier alpha value is -0.560. The third-order valence-electron chi connectivity index (χ3n) is 5.80. The highest BCUT2D eigenvalue weighted by molar-refractivity contribution is 5.22. The topological polar surface area (TPSA) is 12.0 Å². The number of nitrogens with one attached hydrogen (secondary N) is 1. The number of fused-ring (bicyclic) bond motifs is 3. The first-order valence-electron chi connectivity index (χ1n) is 7.85. The van der Waals surface area contributed by atoms with E-state index in [0.717, 1.165) is 29.7 Å². The molecule has 3 aliphatic carbocycles. The Morgan fingerprint density at radius 2 is 2.06 bits per heavy atom. The van der Waals surface area contributed by atoms with Gasteiger partial charge in [-0.25, -0.2) is 0 Å². The molecule has 3 aliphatic rings. The van der Waals surface area contributed by atoms with Crippen molar-refractivity contribution < 1.29 is 0 Å². The second-order valence-corrected chi connectivity index (χ2v) is 6.46. The molecule has 0 heterocycles. The highest BCUT2D eigenvalue weighted by Crippen LogP contribution is 2.51. The zero-order valence-electron chi connectivity index (χ0n) is 11.7. The summed E-state index contributed by atoms with van der Waals surface area (Å²) in [5.74, 6) is 3.43. The second kappa shape index (κ2) is 5.21. The van der Waals surface area contributed by atoms with Crippen LogP contribution < -0.4 is 5.32 Å². The molecule has 0 spiro atoms. The molecule has 18 heavy (non-hydrogen) atoms. The van der Waals surface area contributed by atoms with Crippen molar-refractivity contribution in [1.82, 2.24) is 5.32 Å². The summed E-state index contributed by atoms with van der Waals surface area (Å²) < 4.78 is 0. The molecule has 0 aliphatic heterocycles. The molecule has 5 atom stereocenters. The Morgan fingerprint density at radius 1 is 1.17 bits per heavy atom. The Bertz CT molecular complexity index is 344. The van der Waals surface area contributed by atoms with Gasteiger partial charge < -0.3 is 5.32 Å². The summed E-state index contributed by atoms with van der Waals surface area (Å²) in [4.78, 5) is 0. The van der Waals surface area contributed by atoms with E-state index < -0.39 is 0 Å². The van der Waals surface area contributed by atoms with Crippen molar-refractivity contribution >= 4 is 0 Å². The van der Waals surface area contributed by atoms with E-state index in [1.165, 1.54) is 44.9 Å². The van der Waals surface area contributed by atoms with Crippen LogP contribution in [-0.2, 0) is 0 Å². The maximum atomic E-state index is 4.08. The molecule has 1 N–H and O–H groups in total. The van der Waals surface area contributed by atoms with E-state index in [-0.39, 0.29) is 0 Å². The molecule has 0 aromatic carbocycles. The van der Waals surface area contributed by atoms with Gasteiger partial charge in [0.25, 0.3) is 0 Å². The third kappa shape index (κ3) is 1.97. The van der Waals surface area contributed by atoms with E-state index in [1.54, 1.807) is 0 Å². The van der Waals surface area contributed by atoms with E-state index >= 15 is 0 Å². The molecule has 0 radical (unpaired) electrons. The maximum Gasteiger partial charge on any atom is 0.0133 e. The van der Waals surface area contributed by atoms with E-state index in [4.69, 9.17) is 0 Å². The van der Waals surface area contributed by atoms with Gasteiger partial charge in [0.1, 0.15) is 0 Å². The lowest BCUT2D eigenvalue weighted by Gasteiger charge is -2.48. The molecule has 2 fully saturated rings. The van der Waals surface area contributed by atoms with Gasteiger partial charge in [-0.2, -0.15) is 0 Å². The molecule has 0 aromatic heterocycles. The van der Waals surface area contributed by atoms with Crippen LogP contribution in [0.25, 0.3) is 0 Å². The van der Waals surface area contributed by atoms with Crippen molar-refractivity contribution in [2.75, 3.05) is 7.05 Å². The quantitative estimate of drug-likeness (QED) is 0.727. The van der Waals surface area contributed by atoms with E-state index in [9.17, 15) is 0 Å². The van der Waals surface area contributed by atoms with Crippen LogP contribution in [0, 0.1) is 23.7 Å². The third-order valence-corrected chi connectivity index (χ3v) is 5.80. The first-order chi connectivity index (χ1) is 8.85. The fourth-order valence-corrected chi connectivity index (χ4v) is 4.95. The summed E-state index contributed by atoms with van der Waals surface area (Å²) >= 11 is 0. The van der Waals surface area contributed by atoms with Gasteiger partial charge in [0.2, 0.25) is 0 Å². The zero-order chi connectivity index (χ0) is 12.5. The summed E-state index contributed by atoms with van der Waals surface area (Å²) in [6.45, 7) is 4.08. The fraction of sp³-hybridized carbons (Fsp3) is 0.765. The lowest BCUT2D eigenvalue weighted by atomic mass is 9.58. The van der Waals surface area contributed by atoms with Gasteiger partial charge in [-0.3, -0.25) is 0 Å². The average Bonchev–Trinajstić information content (AvgIpc) is 2.45. The van der Waals surface area contributed by atoms with Crippen LogP contribution in [0.3, 0.4) is 0 Å². The summed E-state index contributed by atoms with van der Waals surface area (Å²) in [7, 11) is 2.15. The summed E-state index contributed by atoms with van der Waals surface area (Å²) in [6.07, 6.45) is 14.5. The molecule has 3 rings (SSSR count). The Morgan fingerprint density at radius 3 is 2.83 bits per heavy atom. The van der Waals surface area contributed by atoms with Crippen molar-refractivity contribution in [3.8, 4) is 0 Å². The molecule has 5 unspecified atom stereocenters. The molecule has 0 amide bonds. The molecule has 0 bridgehead atoms. The minimum absolute atomic E-state index is 0.745. The summed E-state index contributed by atoms with van der Waals surface area (Å²) in [5, 5.41) is 3.56. The first-order valence-corrected chi connectivity index (χ1v) is 7.85. The van der Waals surface area contributed by atoms with Crippen molar-refractivity contribution in [2.24, 2.45) is 23.7 Å². The molecular formula is C17H27N. The average molecular weight is 245 g/mol. The molecule has 2 saturated carbocycles. The van der Waals surface area contributed by atoms with Gasteiger partial charge in [0, 0.05) is 6.04 Å². The Labute approximate surface area is 112 Å². The van der Waals surface area contributed by atoms with Gasteiger partial charge in [-0.05, 0) is 69.2 Å². The van der Waals surface area contributed by atoms with Gasteiger partial charge in [0.15, 0.2) is 0 Å². The van der Waals surface area contributed by atoms with Gasteiger partial charge in [-0.1, -0.05) is 24.1 Å². The minimum atomic E-state index is 0.745. The Balaban J connectivity index is 1.84. The summed E-state index contributed by atoms with van der Waals surface area (Å²) in [5.41, 5.74) is 1.82. The monoisotopic (exact) mass is 245 g/mol. The molecule has 0 aromatic rings. The van der Waals surface area contributed by atoms with E-state index in [0.29, 0.717) is 0 Å². The van der Waals surface area contributed by atoms with Crippen LogP contribution in [0.15, 0.2) is 24.3 Å². The van der Waals surface area contributed by atoms with Crippen LogP contribution in [-0.4, -0.2) is 13.1 Å². The number of hydrogen-bond donors (Lipinski definition) is 1. The largest absolute Gasteiger partial charge is 0.316 e. The highest BCUT2D eigenvalue weighted by atomic mass is 14.9. The molecule has 1 heteroatoms. The first kappa shape index (κ1) is 12.5. The van der Waals surface area contributed by atoms with Crippen molar-refractivity contribution in [3.63, 3.8) is 0 Å². The lowest BCUT2D eigenvalue weighted by molar-refractivity contribution is 0.131. The van der Waals surface area contributed by atoms with Gasteiger partial charge in [-0.15, -0.1) is 6.58 Å². The minimum Gasteiger partial charge on any atom is -0.316 e. The second-order valence-electron chi connectivity index (χ2n) is 6.46. The fourth-order valence-electron chi connectivity index (χ4n) is 4.95. The normalized spacial score (nSPS) is 43.6. The smallest absolute Gasteiger partial charge is 0.0133 e. The zero-order valence-corrected chi connectivity index (χ0v) is 11.7. The number of hydrogen-bond acceptors (Lipinski definition) is 1. The molecule has 100 valence electrons. The van der Waals surface area contributed by atoms with Crippen LogP contribution in [0.2, 0.25) is 0 Å². The van der Waals surface area contributed by atoms with E-state index in [2.05, 4.69) is 31.1 Å². The predicted molar refractivity (Wildman–Crippen MR) is 77.4 cm³/mol. The van der Waals surface area contributed by atoms with E-state index in [1.807, 2.05) is 5.57 Å². The van der Waals surface area contributed by atoms with Gasteiger partial charge in [0.05, 0.1) is 0 Å².